The molecule has 0 aliphatic carbocycles. The number of ether oxygens (including phenoxy) is 1. The summed E-state index contributed by atoms with van der Waals surface area (Å²) in [5, 5.41) is 0. The zero-order chi connectivity index (χ0) is 10.1. The van der Waals surface area contributed by atoms with Gasteiger partial charge in [0.25, 0.3) is 0 Å². The highest BCUT2D eigenvalue weighted by atomic mass is 16.5. The average Bonchev–Trinajstić information content (AvgIpc) is 2.82. The average molecular weight is 200 g/mol. The van der Waals surface area contributed by atoms with Crippen LogP contribution in [0.15, 0.2) is 30.7 Å². The highest BCUT2D eigenvalue weighted by Crippen LogP contribution is 2.27. The van der Waals surface area contributed by atoms with E-state index in [1.54, 1.807) is 6.33 Å². The van der Waals surface area contributed by atoms with E-state index in [0.29, 0.717) is 0 Å². The lowest BCUT2D eigenvalue weighted by Crippen LogP contribution is -2.10. The van der Waals surface area contributed by atoms with Gasteiger partial charge >= 0.3 is 0 Å². The van der Waals surface area contributed by atoms with Crippen LogP contribution in [0.1, 0.15) is 11.1 Å². The molecule has 3 nitrogen and oxygen atoms in total. The summed E-state index contributed by atoms with van der Waals surface area (Å²) in [5.41, 5.74) is 4.93. The Morgan fingerprint density at radius 1 is 1.33 bits per heavy atom. The monoisotopic (exact) mass is 200 g/mol. The minimum atomic E-state index is 0.730. The lowest BCUT2D eigenvalue weighted by Gasteiger charge is -2.18. The molecule has 0 atom stereocenters. The Morgan fingerprint density at radius 3 is 3.20 bits per heavy atom. The van der Waals surface area contributed by atoms with Crippen LogP contribution >= 0.6 is 0 Å². The van der Waals surface area contributed by atoms with E-state index in [0.717, 1.165) is 25.3 Å². The zero-order valence-corrected chi connectivity index (χ0v) is 8.36. The molecule has 3 heteroatoms. The van der Waals surface area contributed by atoms with Gasteiger partial charge in [-0.1, -0.05) is 18.2 Å². The fourth-order valence-corrected chi connectivity index (χ4v) is 2.07. The molecular weight excluding hydrogens is 188 g/mol. The minimum absolute atomic E-state index is 0.730. The second-order valence-electron chi connectivity index (χ2n) is 3.70. The van der Waals surface area contributed by atoms with Crippen LogP contribution in [0.3, 0.4) is 0 Å². The number of aromatic amines is 1. The third-order valence-corrected chi connectivity index (χ3v) is 2.80. The predicted molar refractivity (Wildman–Crippen MR) is 57.4 cm³/mol. The Hall–Kier alpha value is -1.61. The van der Waals surface area contributed by atoms with Crippen molar-refractivity contribution in [2.75, 3.05) is 6.61 Å². The van der Waals surface area contributed by atoms with Gasteiger partial charge in [-0.3, -0.25) is 0 Å². The van der Waals surface area contributed by atoms with E-state index in [-0.39, 0.29) is 0 Å². The van der Waals surface area contributed by atoms with Crippen LogP contribution in [-0.4, -0.2) is 16.6 Å². The van der Waals surface area contributed by atoms with Gasteiger partial charge in [-0.15, -0.1) is 0 Å². The van der Waals surface area contributed by atoms with Crippen LogP contribution in [-0.2, 0) is 17.8 Å². The van der Waals surface area contributed by atoms with Crippen molar-refractivity contribution in [1.29, 1.82) is 0 Å². The molecule has 1 aromatic carbocycles. The number of fused-ring (bicyclic) bond motifs is 1. The fraction of sp³-hybridized carbons (Fsp3) is 0.250. The van der Waals surface area contributed by atoms with Crippen LogP contribution in [0.25, 0.3) is 11.3 Å². The van der Waals surface area contributed by atoms with Crippen LogP contribution in [0.2, 0.25) is 0 Å². The number of hydrogen-bond donors (Lipinski definition) is 1. The van der Waals surface area contributed by atoms with Crippen molar-refractivity contribution in [1.82, 2.24) is 9.97 Å². The first-order valence-corrected chi connectivity index (χ1v) is 5.13. The first-order valence-electron chi connectivity index (χ1n) is 5.13. The van der Waals surface area contributed by atoms with E-state index in [4.69, 9.17) is 4.74 Å². The molecule has 0 unspecified atom stereocenters. The fourth-order valence-electron chi connectivity index (χ4n) is 2.07. The lowest BCUT2D eigenvalue weighted by molar-refractivity contribution is 0.111. The normalized spacial score (nSPS) is 14.9. The van der Waals surface area contributed by atoms with E-state index < -0.39 is 0 Å². The van der Waals surface area contributed by atoms with Crippen molar-refractivity contribution in [3.63, 3.8) is 0 Å². The van der Waals surface area contributed by atoms with Gasteiger partial charge in [-0.25, -0.2) is 4.98 Å². The van der Waals surface area contributed by atoms with E-state index >= 15 is 0 Å². The Kier molecular flexibility index (Phi) is 2.03. The smallest absolute Gasteiger partial charge is 0.0927 e. The van der Waals surface area contributed by atoms with Crippen molar-refractivity contribution in [2.24, 2.45) is 0 Å². The van der Waals surface area contributed by atoms with E-state index in [1.807, 2.05) is 6.20 Å². The minimum Gasteiger partial charge on any atom is -0.376 e. The summed E-state index contributed by atoms with van der Waals surface area (Å²) in [7, 11) is 0. The topological polar surface area (TPSA) is 37.9 Å². The second kappa shape index (κ2) is 3.51. The molecule has 1 N–H and O–H groups in total. The Morgan fingerprint density at radius 2 is 2.33 bits per heavy atom. The third kappa shape index (κ3) is 1.45. The summed E-state index contributed by atoms with van der Waals surface area (Å²) in [6.07, 6.45) is 4.64. The summed E-state index contributed by atoms with van der Waals surface area (Å²) in [4.78, 5) is 7.29. The van der Waals surface area contributed by atoms with Crippen molar-refractivity contribution in [3.8, 4) is 11.3 Å². The standard InChI is InChI=1S/C12H12N2O/c1-2-9-7-15-5-4-10(9)11(3-1)12-6-13-8-14-12/h1-3,6,8H,4-5,7H2,(H,13,14). The summed E-state index contributed by atoms with van der Waals surface area (Å²) in [6.45, 7) is 1.54. The quantitative estimate of drug-likeness (QED) is 0.766. The molecular formula is C12H12N2O. The molecule has 2 heterocycles. The van der Waals surface area contributed by atoms with Crippen LogP contribution < -0.4 is 0 Å². The zero-order valence-electron chi connectivity index (χ0n) is 8.36. The summed E-state index contributed by atoms with van der Waals surface area (Å²) in [5.74, 6) is 0. The molecule has 0 fully saturated rings. The van der Waals surface area contributed by atoms with Gasteiger partial charge in [-0.05, 0) is 17.5 Å². The number of nitrogens with one attached hydrogen (secondary N) is 1. The molecule has 0 spiro atoms. The number of hydrogen-bond acceptors (Lipinski definition) is 2. The van der Waals surface area contributed by atoms with Crippen molar-refractivity contribution in [2.45, 2.75) is 13.0 Å². The molecule has 3 rings (SSSR count). The predicted octanol–water partition coefficient (Wildman–Crippen LogP) is 2.15. The van der Waals surface area contributed by atoms with Gasteiger partial charge in [0.1, 0.15) is 0 Å². The molecule has 1 aliphatic heterocycles. The first-order chi connectivity index (χ1) is 7.45. The summed E-state index contributed by atoms with van der Waals surface area (Å²) >= 11 is 0. The number of aromatic nitrogens is 2. The second-order valence-corrected chi connectivity index (χ2v) is 3.70. The maximum atomic E-state index is 5.44. The van der Waals surface area contributed by atoms with E-state index in [2.05, 4.69) is 28.2 Å². The van der Waals surface area contributed by atoms with Gasteiger partial charge in [0.15, 0.2) is 0 Å². The lowest BCUT2D eigenvalue weighted by atomic mass is 9.96. The largest absolute Gasteiger partial charge is 0.376 e. The number of nitrogens with zero attached hydrogens (tertiary/aromatic N) is 1. The third-order valence-electron chi connectivity index (χ3n) is 2.80. The van der Waals surface area contributed by atoms with Gasteiger partial charge in [0, 0.05) is 11.8 Å². The maximum Gasteiger partial charge on any atom is 0.0927 e. The molecule has 0 radical (unpaired) electrons. The Balaban J connectivity index is 2.15. The van der Waals surface area contributed by atoms with E-state index in [9.17, 15) is 0 Å². The molecule has 0 saturated carbocycles. The van der Waals surface area contributed by atoms with Crippen molar-refractivity contribution in [3.05, 3.63) is 41.9 Å². The molecule has 0 bridgehead atoms. The highest BCUT2D eigenvalue weighted by molar-refractivity contribution is 5.65. The van der Waals surface area contributed by atoms with Gasteiger partial charge in [-0.2, -0.15) is 0 Å². The van der Waals surface area contributed by atoms with Crippen LogP contribution in [0.5, 0.6) is 0 Å². The molecule has 0 saturated heterocycles. The van der Waals surface area contributed by atoms with Gasteiger partial charge in [0.05, 0.1) is 25.2 Å². The maximum absolute atomic E-state index is 5.44. The van der Waals surface area contributed by atoms with Gasteiger partial charge in [0.2, 0.25) is 0 Å². The van der Waals surface area contributed by atoms with Crippen molar-refractivity contribution >= 4 is 0 Å². The molecule has 2 aromatic rings. The number of imidazole rings is 1. The highest BCUT2D eigenvalue weighted by Gasteiger charge is 2.14. The number of rotatable bonds is 1. The Labute approximate surface area is 88.1 Å². The molecule has 1 aromatic heterocycles. The SMILES string of the molecule is c1cc2c(c(-c3c[nH]cn3)c1)CCOC2. The molecule has 15 heavy (non-hydrogen) atoms. The molecule has 1 aliphatic rings. The molecule has 76 valence electrons. The first kappa shape index (κ1) is 8.68. The summed E-state index contributed by atoms with van der Waals surface area (Å²) < 4.78 is 5.44. The number of H-pyrrole nitrogens is 1. The van der Waals surface area contributed by atoms with E-state index in [1.165, 1.54) is 16.7 Å². The summed E-state index contributed by atoms with van der Waals surface area (Å²) in [6, 6.07) is 6.32. The van der Waals surface area contributed by atoms with Crippen LogP contribution in [0.4, 0.5) is 0 Å². The number of benzene rings is 1. The molecule has 0 amide bonds. The van der Waals surface area contributed by atoms with Gasteiger partial charge < -0.3 is 9.72 Å². The Bertz CT molecular complexity index is 462. The van der Waals surface area contributed by atoms with Crippen LogP contribution in [0, 0.1) is 0 Å². The van der Waals surface area contributed by atoms with Crippen molar-refractivity contribution < 1.29 is 4.74 Å².